The maximum absolute atomic E-state index is 11.4. The molecule has 2 aromatic rings. The number of aryl methyl sites for hydroxylation is 1. The molecule has 0 saturated carbocycles. The average Bonchev–Trinajstić information content (AvgIpc) is 2.74. The van der Waals surface area contributed by atoms with Crippen molar-refractivity contribution in [2.75, 3.05) is 6.61 Å². The van der Waals surface area contributed by atoms with Crippen LogP contribution in [0.5, 0.6) is 0 Å². The van der Waals surface area contributed by atoms with Crippen LogP contribution in [0.25, 0.3) is 11.0 Å². The van der Waals surface area contributed by atoms with E-state index in [2.05, 4.69) is 15.3 Å². The number of fused-ring (bicyclic) bond motifs is 1. The van der Waals surface area contributed by atoms with Crippen LogP contribution in [-0.4, -0.2) is 33.6 Å². The van der Waals surface area contributed by atoms with Gasteiger partial charge in [0.15, 0.2) is 0 Å². The molecule has 1 amide bonds. The van der Waals surface area contributed by atoms with E-state index in [0.29, 0.717) is 6.54 Å². The lowest BCUT2D eigenvalue weighted by Gasteiger charge is -2.09. The summed E-state index contributed by atoms with van der Waals surface area (Å²) in [6, 6.07) is 4.85. The Hall–Kier alpha value is -1.92. The summed E-state index contributed by atoms with van der Waals surface area (Å²) in [6.07, 6.45) is 0. The first-order valence-electron chi connectivity index (χ1n) is 5.69. The summed E-state index contributed by atoms with van der Waals surface area (Å²) in [5, 5.41) is 11.4. The molecule has 0 unspecified atom stereocenters. The van der Waals surface area contributed by atoms with Crippen molar-refractivity contribution in [3.05, 3.63) is 29.6 Å². The number of hydrogen-bond donors (Lipinski definition) is 4. The topological polar surface area (TPSA) is 104 Å². The first kappa shape index (κ1) is 12.5. The number of H-pyrrole nitrogens is 1. The number of carbonyl (C=O) groups is 1. The van der Waals surface area contributed by atoms with Crippen molar-refractivity contribution in [1.29, 1.82) is 0 Å². The predicted octanol–water partition coefficient (Wildman–Crippen LogP) is -0.193. The number of hydrogen-bond acceptors (Lipinski definition) is 4. The van der Waals surface area contributed by atoms with Crippen LogP contribution in [0.15, 0.2) is 18.2 Å². The molecule has 18 heavy (non-hydrogen) atoms. The van der Waals surface area contributed by atoms with Gasteiger partial charge in [-0.15, -0.1) is 0 Å². The van der Waals surface area contributed by atoms with E-state index in [0.717, 1.165) is 22.4 Å². The number of benzene rings is 1. The van der Waals surface area contributed by atoms with Gasteiger partial charge in [0.2, 0.25) is 5.91 Å². The molecule has 1 heterocycles. The zero-order chi connectivity index (χ0) is 13.1. The lowest BCUT2D eigenvalue weighted by Crippen LogP contribution is -2.42. The molecule has 5 N–H and O–H groups in total. The van der Waals surface area contributed by atoms with Crippen LogP contribution in [0.3, 0.4) is 0 Å². The van der Waals surface area contributed by atoms with Crippen LogP contribution in [0.1, 0.15) is 11.4 Å². The van der Waals surface area contributed by atoms with E-state index >= 15 is 0 Å². The SMILES string of the molecule is Cc1nc2ccc(CNC(=O)[C@@H](N)CO)cc2[nH]1. The maximum Gasteiger partial charge on any atom is 0.239 e. The van der Waals surface area contributed by atoms with E-state index in [1.54, 1.807) is 0 Å². The van der Waals surface area contributed by atoms with E-state index in [1.165, 1.54) is 0 Å². The van der Waals surface area contributed by atoms with Gasteiger partial charge in [-0.2, -0.15) is 0 Å². The van der Waals surface area contributed by atoms with Gasteiger partial charge in [0.05, 0.1) is 17.6 Å². The van der Waals surface area contributed by atoms with Crippen molar-refractivity contribution >= 4 is 16.9 Å². The minimum atomic E-state index is -0.872. The smallest absolute Gasteiger partial charge is 0.239 e. The monoisotopic (exact) mass is 248 g/mol. The maximum atomic E-state index is 11.4. The van der Waals surface area contributed by atoms with Crippen LogP contribution in [0.4, 0.5) is 0 Å². The normalized spacial score (nSPS) is 12.6. The molecule has 6 nitrogen and oxygen atoms in total. The number of aliphatic hydroxyl groups is 1. The molecule has 96 valence electrons. The molecule has 0 radical (unpaired) electrons. The van der Waals surface area contributed by atoms with Gasteiger partial charge in [-0.3, -0.25) is 4.79 Å². The van der Waals surface area contributed by atoms with Crippen LogP contribution in [-0.2, 0) is 11.3 Å². The molecule has 0 fully saturated rings. The predicted molar refractivity (Wildman–Crippen MR) is 67.7 cm³/mol. The molecule has 0 aliphatic carbocycles. The number of imidazole rings is 1. The molecule has 0 aliphatic rings. The Bertz CT molecular complexity index is 564. The number of aromatic amines is 1. The summed E-state index contributed by atoms with van der Waals surface area (Å²) < 4.78 is 0. The lowest BCUT2D eigenvalue weighted by molar-refractivity contribution is -0.123. The fourth-order valence-corrected chi connectivity index (χ4v) is 1.70. The quantitative estimate of drug-likeness (QED) is 0.602. The van der Waals surface area contributed by atoms with E-state index in [1.807, 2.05) is 25.1 Å². The molecule has 0 bridgehead atoms. The molecule has 0 aliphatic heterocycles. The van der Waals surface area contributed by atoms with Crippen molar-refractivity contribution in [3.63, 3.8) is 0 Å². The largest absolute Gasteiger partial charge is 0.394 e. The minimum absolute atomic E-state index is 0.357. The number of nitrogens with two attached hydrogens (primary N) is 1. The fraction of sp³-hybridized carbons (Fsp3) is 0.333. The highest BCUT2D eigenvalue weighted by molar-refractivity contribution is 5.81. The summed E-state index contributed by atoms with van der Waals surface area (Å²) >= 11 is 0. The molecule has 1 aromatic heterocycles. The highest BCUT2D eigenvalue weighted by atomic mass is 16.3. The number of carbonyl (C=O) groups excluding carboxylic acids is 1. The number of aromatic nitrogens is 2. The summed E-state index contributed by atoms with van der Waals surface area (Å²) in [5.41, 5.74) is 8.18. The van der Waals surface area contributed by atoms with Gasteiger partial charge in [-0.25, -0.2) is 4.98 Å². The fourth-order valence-electron chi connectivity index (χ4n) is 1.70. The second kappa shape index (κ2) is 5.16. The Morgan fingerprint density at radius 1 is 1.61 bits per heavy atom. The third-order valence-corrected chi connectivity index (χ3v) is 2.66. The Morgan fingerprint density at radius 2 is 2.39 bits per heavy atom. The van der Waals surface area contributed by atoms with Gasteiger partial charge in [-0.05, 0) is 24.6 Å². The van der Waals surface area contributed by atoms with Crippen molar-refractivity contribution in [3.8, 4) is 0 Å². The van der Waals surface area contributed by atoms with Crippen LogP contribution in [0, 0.1) is 6.92 Å². The van der Waals surface area contributed by atoms with Gasteiger partial charge in [-0.1, -0.05) is 6.07 Å². The molecular weight excluding hydrogens is 232 g/mol. The molecule has 6 heteroatoms. The van der Waals surface area contributed by atoms with Crippen molar-refractivity contribution in [2.45, 2.75) is 19.5 Å². The van der Waals surface area contributed by atoms with E-state index < -0.39 is 6.04 Å². The Labute approximate surface area is 104 Å². The first-order chi connectivity index (χ1) is 8.60. The molecule has 2 rings (SSSR count). The van der Waals surface area contributed by atoms with Crippen molar-refractivity contribution in [2.24, 2.45) is 5.73 Å². The number of amides is 1. The van der Waals surface area contributed by atoms with Gasteiger partial charge < -0.3 is 21.1 Å². The standard InChI is InChI=1S/C12H16N4O2/c1-7-15-10-3-2-8(4-11(10)16-7)5-14-12(18)9(13)6-17/h2-4,9,17H,5-6,13H2,1H3,(H,14,18)(H,15,16)/t9-/m0/s1. The molecule has 0 saturated heterocycles. The summed E-state index contributed by atoms with van der Waals surface area (Å²) in [7, 11) is 0. The van der Waals surface area contributed by atoms with Crippen LogP contribution in [0.2, 0.25) is 0 Å². The second-order valence-electron chi connectivity index (χ2n) is 4.18. The minimum Gasteiger partial charge on any atom is -0.394 e. The van der Waals surface area contributed by atoms with Gasteiger partial charge >= 0.3 is 0 Å². The zero-order valence-electron chi connectivity index (χ0n) is 10.1. The number of nitrogens with zero attached hydrogens (tertiary/aromatic N) is 1. The summed E-state index contributed by atoms with van der Waals surface area (Å²) in [5.74, 6) is 0.492. The van der Waals surface area contributed by atoms with E-state index in [4.69, 9.17) is 10.8 Å². The van der Waals surface area contributed by atoms with Gasteiger partial charge in [0.1, 0.15) is 11.9 Å². The Morgan fingerprint density at radius 3 is 3.11 bits per heavy atom. The molecular formula is C12H16N4O2. The van der Waals surface area contributed by atoms with Crippen LogP contribution >= 0.6 is 0 Å². The number of rotatable bonds is 4. The second-order valence-corrected chi connectivity index (χ2v) is 4.18. The van der Waals surface area contributed by atoms with Crippen molar-refractivity contribution < 1.29 is 9.90 Å². The Kier molecular flexibility index (Phi) is 3.59. The third-order valence-electron chi connectivity index (χ3n) is 2.66. The Balaban J connectivity index is 2.05. The summed E-state index contributed by atoms with van der Waals surface area (Å²) in [6.45, 7) is 1.91. The van der Waals surface area contributed by atoms with E-state index in [9.17, 15) is 4.79 Å². The first-order valence-corrected chi connectivity index (χ1v) is 5.69. The molecule has 1 atom stereocenters. The molecule has 1 aromatic carbocycles. The van der Waals surface area contributed by atoms with Gasteiger partial charge in [0.25, 0.3) is 0 Å². The highest BCUT2D eigenvalue weighted by Crippen LogP contribution is 2.13. The van der Waals surface area contributed by atoms with Gasteiger partial charge in [0, 0.05) is 6.54 Å². The average molecular weight is 248 g/mol. The summed E-state index contributed by atoms with van der Waals surface area (Å²) in [4.78, 5) is 18.8. The number of aliphatic hydroxyl groups excluding tert-OH is 1. The highest BCUT2D eigenvalue weighted by Gasteiger charge is 2.11. The van der Waals surface area contributed by atoms with Crippen LogP contribution < -0.4 is 11.1 Å². The lowest BCUT2D eigenvalue weighted by atomic mass is 10.2. The zero-order valence-corrected chi connectivity index (χ0v) is 10.1. The van der Waals surface area contributed by atoms with E-state index in [-0.39, 0.29) is 12.5 Å². The molecule has 0 spiro atoms. The third kappa shape index (κ3) is 2.66. The van der Waals surface area contributed by atoms with Crippen molar-refractivity contribution in [1.82, 2.24) is 15.3 Å². The number of nitrogens with one attached hydrogen (secondary N) is 2.